The largest absolute Gasteiger partial charge is 0.310 e. The van der Waals surface area contributed by atoms with Crippen molar-refractivity contribution >= 4 is 11.3 Å². The monoisotopic (exact) mass is 279 g/mol. The fourth-order valence-electron chi connectivity index (χ4n) is 3.61. The maximum Gasteiger partial charge on any atom is 0.0794 e. The number of nitrogens with one attached hydrogen (secondary N) is 1. The lowest BCUT2D eigenvalue weighted by atomic mass is 9.81. The van der Waals surface area contributed by atoms with E-state index in [0.717, 1.165) is 6.42 Å². The molecule has 0 bridgehead atoms. The second kappa shape index (κ2) is 6.33. The van der Waals surface area contributed by atoms with Crippen LogP contribution in [0.25, 0.3) is 0 Å². The summed E-state index contributed by atoms with van der Waals surface area (Å²) in [6.07, 6.45) is 9.40. The summed E-state index contributed by atoms with van der Waals surface area (Å²) in [5, 5.41) is 6.05. The van der Waals surface area contributed by atoms with Crippen LogP contribution in [0.1, 0.15) is 44.2 Å². The second-order valence-corrected chi connectivity index (χ2v) is 6.85. The molecular weight excluding hydrogens is 254 g/mol. The molecule has 1 saturated carbocycles. The number of hydrogen-bond acceptors (Lipinski definition) is 4. The number of hydrogen-bond donors (Lipinski definition) is 1. The van der Waals surface area contributed by atoms with Gasteiger partial charge in [-0.1, -0.05) is 19.3 Å². The van der Waals surface area contributed by atoms with Crippen LogP contribution in [0.2, 0.25) is 0 Å². The zero-order chi connectivity index (χ0) is 13.0. The first-order valence-corrected chi connectivity index (χ1v) is 8.65. The van der Waals surface area contributed by atoms with E-state index in [1.54, 1.807) is 11.3 Å². The van der Waals surface area contributed by atoms with Gasteiger partial charge in [0.2, 0.25) is 0 Å². The van der Waals surface area contributed by atoms with Crippen LogP contribution in [0.3, 0.4) is 0 Å². The predicted octanol–water partition coefficient (Wildman–Crippen LogP) is 2.68. The summed E-state index contributed by atoms with van der Waals surface area (Å²) < 4.78 is 0. The van der Waals surface area contributed by atoms with Crippen molar-refractivity contribution in [2.75, 3.05) is 26.2 Å². The van der Waals surface area contributed by atoms with Crippen molar-refractivity contribution in [2.45, 2.75) is 50.5 Å². The lowest BCUT2D eigenvalue weighted by molar-refractivity contribution is 0.165. The summed E-state index contributed by atoms with van der Waals surface area (Å²) in [5.74, 6) is 0. The van der Waals surface area contributed by atoms with Gasteiger partial charge in [-0.25, -0.2) is 4.98 Å². The fraction of sp³-hybridized carbons (Fsp3) is 0.800. The van der Waals surface area contributed by atoms with Gasteiger partial charge in [-0.15, -0.1) is 11.3 Å². The fourth-order valence-corrected chi connectivity index (χ4v) is 4.20. The Bertz CT molecular complexity index is 371. The van der Waals surface area contributed by atoms with Crippen molar-refractivity contribution in [2.24, 2.45) is 0 Å². The van der Waals surface area contributed by atoms with Crippen molar-refractivity contribution in [1.29, 1.82) is 0 Å². The molecule has 1 spiro atoms. The van der Waals surface area contributed by atoms with Gasteiger partial charge in [0.05, 0.1) is 11.2 Å². The average molecular weight is 279 g/mol. The Morgan fingerprint density at radius 2 is 2.16 bits per heavy atom. The Labute approximate surface area is 120 Å². The van der Waals surface area contributed by atoms with Crippen molar-refractivity contribution in [1.82, 2.24) is 15.2 Å². The van der Waals surface area contributed by atoms with Crippen LogP contribution in [0.15, 0.2) is 10.9 Å². The highest BCUT2D eigenvalue weighted by molar-refractivity contribution is 7.07. The van der Waals surface area contributed by atoms with Crippen LogP contribution in [-0.4, -0.2) is 41.6 Å². The summed E-state index contributed by atoms with van der Waals surface area (Å²) in [6.45, 7) is 4.87. The lowest BCUT2D eigenvalue weighted by Gasteiger charge is -2.40. The van der Waals surface area contributed by atoms with Gasteiger partial charge in [-0.2, -0.15) is 0 Å². The van der Waals surface area contributed by atoms with Crippen molar-refractivity contribution in [3.8, 4) is 0 Å². The summed E-state index contributed by atoms with van der Waals surface area (Å²) in [4.78, 5) is 7.08. The van der Waals surface area contributed by atoms with E-state index < -0.39 is 0 Å². The molecule has 2 fully saturated rings. The third-order valence-electron chi connectivity index (χ3n) is 4.66. The molecule has 2 heterocycles. The van der Waals surface area contributed by atoms with Crippen molar-refractivity contribution in [3.63, 3.8) is 0 Å². The molecule has 0 aromatic carbocycles. The molecule has 3 nitrogen and oxygen atoms in total. The molecule has 1 aromatic heterocycles. The van der Waals surface area contributed by atoms with Crippen LogP contribution in [-0.2, 0) is 6.42 Å². The van der Waals surface area contributed by atoms with Crippen LogP contribution >= 0.6 is 11.3 Å². The Morgan fingerprint density at radius 3 is 2.95 bits per heavy atom. The summed E-state index contributed by atoms with van der Waals surface area (Å²) in [5.41, 5.74) is 3.64. The van der Waals surface area contributed by atoms with Crippen LogP contribution in [0, 0.1) is 0 Å². The average Bonchev–Trinajstić information content (AvgIpc) is 2.88. The molecule has 0 unspecified atom stereocenters. The van der Waals surface area contributed by atoms with E-state index in [0.29, 0.717) is 5.54 Å². The molecular formula is C15H25N3S. The summed E-state index contributed by atoms with van der Waals surface area (Å²) >= 11 is 1.71. The molecule has 0 amide bonds. The zero-order valence-corrected chi connectivity index (χ0v) is 12.6. The molecule has 4 heteroatoms. The molecule has 3 rings (SSSR count). The minimum Gasteiger partial charge on any atom is -0.310 e. The normalized spacial score (nSPS) is 24.4. The van der Waals surface area contributed by atoms with Gasteiger partial charge >= 0.3 is 0 Å². The molecule has 19 heavy (non-hydrogen) atoms. The molecule has 1 aromatic rings. The van der Waals surface area contributed by atoms with Crippen LogP contribution in [0.5, 0.6) is 0 Å². The third kappa shape index (κ3) is 3.56. The Hall–Kier alpha value is -0.450. The third-order valence-corrected chi connectivity index (χ3v) is 5.29. The number of aromatic nitrogens is 1. The Morgan fingerprint density at radius 1 is 1.26 bits per heavy atom. The highest BCUT2D eigenvalue weighted by atomic mass is 32.1. The van der Waals surface area contributed by atoms with Gasteiger partial charge in [0, 0.05) is 30.4 Å². The summed E-state index contributed by atoms with van der Waals surface area (Å²) in [7, 11) is 0. The smallest absolute Gasteiger partial charge is 0.0794 e. The Balaban J connectivity index is 1.57. The lowest BCUT2D eigenvalue weighted by Crippen LogP contribution is -2.52. The molecule has 1 N–H and O–H groups in total. The molecule has 2 aliphatic rings. The molecule has 0 atom stereocenters. The quantitative estimate of drug-likeness (QED) is 0.922. The molecule has 1 saturated heterocycles. The highest BCUT2D eigenvalue weighted by Gasteiger charge is 2.34. The minimum absolute atomic E-state index is 0.427. The van der Waals surface area contributed by atoms with E-state index in [4.69, 9.17) is 0 Å². The number of thiazole rings is 1. The first kappa shape index (κ1) is 13.5. The van der Waals surface area contributed by atoms with E-state index >= 15 is 0 Å². The molecule has 106 valence electrons. The topological polar surface area (TPSA) is 28.2 Å². The van der Waals surface area contributed by atoms with E-state index in [-0.39, 0.29) is 0 Å². The van der Waals surface area contributed by atoms with Gasteiger partial charge < -0.3 is 10.2 Å². The first-order valence-electron chi connectivity index (χ1n) is 7.71. The maximum atomic E-state index is 4.40. The predicted molar refractivity (Wildman–Crippen MR) is 80.7 cm³/mol. The van der Waals surface area contributed by atoms with E-state index in [1.807, 2.05) is 5.51 Å². The van der Waals surface area contributed by atoms with Crippen LogP contribution in [0.4, 0.5) is 0 Å². The van der Waals surface area contributed by atoms with Gasteiger partial charge in [-0.05, 0) is 32.4 Å². The van der Waals surface area contributed by atoms with Gasteiger partial charge in [0.15, 0.2) is 0 Å². The van der Waals surface area contributed by atoms with Crippen LogP contribution < -0.4 is 5.32 Å². The summed E-state index contributed by atoms with van der Waals surface area (Å²) in [6, 6.07) is 0. The first-order chi connectivity index (χ1) is 9.36. The Kier molecular flexibility index (Phi) is 4.51. The van der Waals surface area contributed by atoms with E-state index in [2.05, 4.69) is 20.6 Å². The maximum absolute atomic E-state index is 4.40. The van der Waals surface area contributed by atoms with E-state index in [1.165, 1.54) is 70.4 Å². The minimum atomic E-state index is 0.427. The number of rotatable bonds is 3. The second-order valence-electron chi connectivity index (χ2n) is 6.13. The van der Waals surface area contributed by atoms with Gasteiger partial charge in [0.25, 0.3) is 0 Å². The number of nitrogens with zero attached hydrogens (tertiary/aromatic N) is 2. The van der Waals surface area contributed by atoms with Gasteiger partial charge in [-0.3, -0.25) is 0 Å². The zero-order valence-electron chi connectivity index (χ0n) is 11.7. The SMILES string of the molecule is c1nc(CCN2CCCNC3(CCCCC3)C2)cs1. The standard InChI is InChI=1S/C15H25N3S/c1-2-6-15(7-3-1)12-18(9-4-8-17-15)10-5-14-11-19-13-16-14/h11,13,17H,1-10,12H2. The van der Waals surface area contributed by atoms with Crippen molar-refractivity contribution < 1.29 is 0 Å². The molecule has 1 aliphatic carbocycles. The highest BCUT2D eigenvalue weighted by Crippen LogP contribution is 2.30. The molecule has 0 radical (unpaired) electrons. The van der Waals surface area contributed by atoms with Crippen molar-refractivity contribution in [3.05, 3.63) is 16.6 Å². The van der Waals surface area contributed by atoms with E-state index in [9.17, 15) is 0 Å². The molecule has 1 aliphatic heterocycles. The van der Waals surface area contributed by atoms with Gasteiger partial charge in [0.1, 0.15) is 0 Å².